The second-order valence-electron chi connectivity index (χ2n) is 9.57. The maximum absolute atomic E-state index is 13.7. The number of allylic oxidation sites excluding steroid dienone is 1. The summed E-state index contributed by atoms with van der Waals surface area (Å²) in [5, 5.41) is 0. The van der Waals surface area contributed by atoms with Gasteiger partial charge in [0.15, 0.2) is 5.78 Å². The molecule has 0 amide bonds. The highest BCUT2D eigenvalue weighted by Gasteiger charge is 2.71. The van der Waals surface area contributed by atoms with Crippen LogP contribution in [0.3, 0.4) is 0 Å². The second-order valence-corrected chi connectivity index (χ2v) is 9.57. The van der Waals surface area contributed by atoms with Crippen molar-refractivity contribution in [3.05, 3.63) is 46.5 Å². The van der Waals surface area contributed by atoms with Crippen molar-refractivity contribution < 1.29 is 46.6 Å². The molecular formula is C26H28F3NO7. The molecule has 8 nitrogen and oxygen atoms in total. The predicted molar refractivity (Wildman–Crippen MR) is 122 cm³/mol. The Kier molecular flexibility index (Phi) is 6.96. The molecule has 0 spiro atoms. The number of hydrogen-bond donors (Lipinski definition) is 0. The van der Waals surface area contributed by atoms with Gasteiger partial charge in [0.1, 0.15) is 11.5 Å². The van der Waals surface area contributed by atoms with Gasteiger partial charge in [0.2, 0.25) is 0 Å². The standard InChI is InChI=1S/C26H28F3NO7/c1-5-37-24(34)25-11-15-10-18(31)13(2)17(15)12-30(25)21(14-6-8-16(9-7-14)26(27,28)29)19(22(32)35-3)20(25)23(33)36-4/h6-9,15,19-21H,5,10-12H2,1-4H3/t15-,19-,20-,21-,25-/m1/s1. The first-order valence-corrected chi connectivity index (χ1v) is 11.9. The first-order valence-electron chi connectivity index (χ1n) is 11.9. The fraction of sp³-hybridized carbons (Fsp3) is 0.538. The van der Waals surface area contributed by atoms with E-state index in [1.807, 2.05) is 0 Å². The van der Waals surface area contributed by atoms with Crippen molar-refractivity contribution in [2.75, 3.05) is 27.4 Å². The number of carbonyl (C=O) groups is 4. The van der Waals surface area contributed by atoms with E-state index in [0.717, 1.165) is 31.9 Å². The van der Waals surface area contributed by atoms with Crippen molar-refractivity contribution in [3.63, 3.8) is 0 Å². The Morgan fingerprint density at radius 2 is 1.70 bits per heavy atom. The zero-order valence-electron chi connectivity index (χ0n) is 20.9. The number of benzene rings is 1. The number of rotatable bonds is 5. The van der Waals surface area contributed by atoms with E-state index in [1.165, 1.54) is 12.1 Å². The fourth-order valence-corrected chi connectivity index (χ4v) is 6.28. The lowest BCUT2D eigenvalue weighted by atomic mass is 9.70. The molecule has 0 N–H and O–H groups in total. The third-order valence-corrected chi connectivity index (χ3v) is 7.92. The van der Waals surface area contributed by atoms with Crippen molar-refractivity contribution in [3.8, 4) is 0 Å². The largest absolute Gasteiger partial charge is 0.469 e. The summed E-state index contributed by atoms with van der Waals surface area (Å²) in [5.74, 6) is -5.52. The smallest absolute Gasteiger partial charge is 0.416 e. The minimum absolute atomic E-state index is 0.00857. The molecule has 1 aliphatic carbocycles. The minimum Gasteiger partial charge on any atom is -0.469 e. The molecule has 0 radical (unpaired) electrons. The summed E-state index contributed by atoms with van der Waals surface area (Å²) in [6, 6.07) is 3.20. The molecular weight excluding hydrogens is 495 g/mol. The van der Waals surface area contributed by atoms with E-state index in [-0.39, 0.29) is 43.3 Å². The quantitative estimate of drug-likeness (QED) is 0.429. The van der Waals surface area contributed by atoms with Gasteiger partial charge in [-0.25, -0.2) is 0 Å². The molecule has 2 saturated heterocycles. The van der Waals surface area contributed by atoms with Crippen LogP contribution in [0.4, 0.5) is 13.2 Å². The molecule has 200 valence electrons. The third-order valence-electron chi connectivity index (χ3n) is 7.92. The number of carbonyl (C=O) groups excluding carboxylic acids is 4. The van der Waals surface area contributed by atoms with Crippen LogP contribution in [0, 0.1) is 17.8 Å². The lowest BCUT2D eigenvalue weighted by Gasteiger charge is -2.47. The van der Waals surface area contributed by atoms with Crippen molar-refractivity contribution in [2.24, 2.45) is 17.8 Å². The Morgan fingerprint density at radius 1 is 1.08 bits per heavy atom. The highest BCUT2D eigenvalue weighted by Crippen LogP contribution is 2.59. The van der Waals surface area contributed by atoms with Crippen LogP contribution in [0.5, 0.6) is 0 Å². The molecule has 1 aromatic carbocycles. The van der Waals surface area contributed by atoms with Gasteiger partial charge in [0.25, 0.3) is 0 Å². The van der Waals surface area contributed by atoms with Crippen molar-refractivity contribution >= 4 is 23.7 Å². The van der Waals surface area contributed by atoms with Crippen LogP contribution >= 0.6 is 0 Å². The van der Waals surface area contributed by atoms with Gasteiger partial charge in [0.05, 0.1) is 38.3 Å². The average Bonchev–Trinajstić information content (AvgIpc) is 3.32. The summed E-state index contributed by atoms with van der Waals surface area (Å²) in [6.45, 7) is 3.33. The van der Waals surface area contributed by atoms with Gasteiger partial charge in [-0.2, -0.15) is 13.2 Å². The van der Waals surface area contributed by atoms with Crippen LogP contribution in [0.2, 0.25) is 0 Å². The van der Waals surface area contributed by atoms with E-state index in [1.54, 1.807) is 18.7 Å². The summed E-state index contributed by atoms with van der Waals surface area (Å²) >= 11 is 0. The number of esters is 3. The molecule has 11 heteroatoms. The van der Waals surface area contributed by atoms with Crippen molar-refractivity contribution in [2.45, 2.75) is 44.4 Å². The van der Waals surface area contributed by atoms with Gasteiger partial charge in [-0.15, -0.1) is 0 Å². The predicted octanol–water partition coefficient (Wildman–Crippen LogP) is 3.25. The zero-order chi connectivity index (χ0) is 27.3. The van der Waals surface area contributed by atoms with Gasteiger partial charge < -0.3 is 14.2 Å². The molecule has 2 heterocycles. The minimum atomic E-state index is -4.58. The van der Waals surface area contributed by atoms with E-state index in [9.17, 15) is 32.3 Å². The van der Waals surface area contributed by atoms with Crippen LogP contribution < -0.4 is 0 Å². The van der Waals surface area contributed by atoms with Crippen LogP contribution in [-0.2, 0) is 39.6 Å². The average molecular weight is 524 g/mol. The van der Waals surface area contributed by atoms with Crippen LogP contribution in [0.15, 0.2) is 35.4 Å². The normalized spacial score (nSPS) is 29.5. The molecule has 4 rings (SSSR count). The number of halogens is 3. The zero-order valence-corrected chi connectivity index (χ0v) is 20.9. The molecule has 1 aromatic rings. The second kappa shape index (κ2) is 9.59. The summed E-state index contributed by atoms with van der Waals surface area (Å²) < 4.78 is 55.3. The van der Waals surface area contributed by atoms with Crippen LogP contribution in [-0.4, -0.2) is 61.5 Å². The summed E-state index contributed by atoms with van der Waals surface area (Å²) in [5.41, 5.74) is -0.983. The highest BCUT2D eigenvalue weighted by molar-refractivity contribution is 6.00. The number of ether oxygens (including phenoxy) is 3. The van der Waals surface area contributed by atoms with Crippen LogP contribution in [0.25, 0.3) is 0 Å². The molecule has 3 aliphatic rings. The topological polar surface area (TPSA) is 99.2 Å². The molecule has 0 aromatic heterocycles. The third kappa shape index (κ3) is 4.13. The van der Waals surface area contributed by atoms with Gasteiger partial charge in [-0.05, 0) is 55.0 Å². The van der Waals surface area contributed by atoms with Crippen molar-refractivity contribution in [1.82, 2.24) is 4.90 Å². The maximum atomic E-state index is 13.7. The molecule has 37 heavy (non-hydrogen) atoms. The number of alkyl halides is 3. The molecule has 2 fully saturated rings. The van der Waals surface area contributed by atoms with Gasteiger partial charge >= 0.3 is 24.1 Å². The van der Waals surface area contributed by atoms with E-state index < -0.39 is 53.1 Å². The molecule has 0 saturated carbocycles. The van der Waals surface area contributed by atoms with E-state index >= 15 is 0 Å². The van der Waals surface area contributed by atoms with E-state index in [4.69, 9.17) is 14.2 Å². The molecule has 0 unspecified atom stereocenters. The number of fused-ring (bicyclic) bond motifs is 2. The number of hydrogen-bond acceptors (Lipinski definition) is 8. The number of methoxy groups -OCH3 is 2. The number of Topliss-reactive ketones (excluding diaryl/α,β-unsaturated/α-hetero) is 1. The van der Waals surface area contributed by atoms with Gasteiger partial charge in [0, 0.05) is 13.0 Å². The van der Waals surface area contributed by atoms with Crippen LogP contribution in [0.1, 0.15) is 43.9 Å². The number of nitrogens with zero attached hydrogens (tertiary/aromatic N) is 1. The SMILES string of the molecule is CCOC(=O)[C@]12C[C@H]3CC(=O)C(C)=C3CN1[C@H](c1ccc(C(F)(F)F)cc1)[C@H](C(=O)OC)[C@@H]2C(=O)OC. The molecule has 5 atom stereocenters. The summed E-state index contributed by atoms with van der Waals surface area (Å²) in [6.07, 6.45) is -4.42. The summed E-state index contributed by atoms with van der Waals surface area (Å²) in [7, 11) is 2.26. The highest BCUT2D eigenvalue weighted by atomic mass is 19.4. The fourth-order valence-electron chi connectivity index (χ4n) is 6.28. The Hall–Kier alpha value is -3.21. The summed E-state index contributed by atoms with van der Waals surface area (Å²) in [4.78, 5) is 54.5. The first-order chi connectivity index (χ1) is 17.4. The lowest BCUT2D eigenvalue weighted by molar-refractivity contribution is -0.171. The van der Waals surface area contributed by atoms with Gasteiger partial charge in [-0.3, -0.25) is 24.1 Å². The Bertz CT molecular complexity index is 1160. The van der Waals surface area contributed by atoms with Crippen molar-refractivity contribution in [1.29, 1.82) is 0 Å². The monoisotopic (exact) mass is 523 g/mol. The Balaban J connectivity index is 1.97. The number of ketones is 1. The maximum Gasteiger partial charge on any atom is 0.416 e. The van der Waals surface area contributed by atoms with E-state index in [0.29, 0.717) is 5.57 Å². The number of piperidine rings is 1. The Labute approximate surface area is 211 Å². The first kappa shape index (κ1) is 26.8. The van der Waals surface area contributed by atoms with E-state index in [2.05, 4.69) is 0 Å². The Morgan fingerprint density at radius 3 is 2.24 bits per heavy atom. The molecule has 2 aliphatic heterocycles. The van der Waals surface area contributed by atoms with Gasteiger partial charge in [-0.1, -0.05) is 12.1 Å². The lowest BCUT2D eigenvalue weighted by Crippen LogP contribution is -2.61. The molecule has 0 bridgehead atoms.